The summed E-state index contributed by atoms with van der Waals surface area (Å²) < 4.78 is 22.0. The third kappa shape index (κ3) is 6.19. The molecule has 2 unspecified atom stereocenters. The number of rotatable bonds is 10. The molecule has 182 valence electrons. The third-order valence-corrected chi connectivity index (χ3v) is 6.88. The van der Waals surface area contributed by atoms with Gasteiger partial charge in [-0.25, -0.2) is 0 Å². The van der Waals surface area contributed by atoms with Crippen LogP contribution >= 0.6 is 0 Å². The van der Waals surface area contributed by atoms with E-state index >= 15 is 0 Å². The van der Waals surface area contributed by atoms with Crippen LogP contribution in [-0.2, 0) is 33.3 Å². The molecule has 0 spiro atoms. The summed E-state index contributed by atoms with van der Waals surface area (Å²) in [5.41, 5.74) is 1.42. The van der Waals surface area contributed by atoms with E-state index in [1.54, 1.807) is 14.2 Å². The lowest BCUT2D eigenvalue weighted by Crippen LogP contribution is -2.36. The Morgan fingerprint density at radius 2 is 1.72 bits per heavy atom. The van der Waals surface area contributed by atoms with Gasteiger partial charge in [0, 0.05) is 45.8 Å². The Morgan fingerprint density at radius 1 is 1.06 bits per heavy atom. The summed E-state index contributed by atoms with van der Waals surface area (Å²) in [5, 5.41) is 0. The first-order valence-electron chi connectivity index (χ1n) is 11.6. The van der Waals surface area contributed by atoms with Crippen LogP contribution in [0, 0.1) is 17.3 Å². The Bertz CT molecular complexity index is 727. The molecule has 1 saturated carbocycles. The average Bonchev–Trinajstić information content (AvgIpc) is 3.06. The number of hydrogen-bond donors (Lipinski definition) is 0. The summed E-state index contributed by atoms with van der Waals surface area (Å²) in [7, 11) is 4.55. The lowest BCUT2D eigenvalue weighted by molar-refractivity contribution is -0.215. The molecule has 2 rings (SSSR count). The molecule has 1 fully saturated rings. The molecule has 0 heterocycles. The summed E-state index contributed by atoms with van der Waals surface area (Å²) in [6.45, 7) is 7.67. The highest BCUT2D eigenvalue weighted by molar-refractivity contribution is 5.97. The Kier molecular flexibility index (Phi) is 9.06. The summed E-state index contributed by atoms with van der Waals surface area (Å²) in [6.07, 6.45) is 4.21. The highest BCUT2D eigenvalue weighted by atomic mass is 16.7. The van der Waals surface area contributed by atoms with E-state index in [2.05, 4.69) is 6.92 Å². The minimum Gasteiger partial charge on any atom is -0.469 e. The lowest BCUT2D eigenvalue weighted by atomic mass is 9.80. The topological polar surface area (TPSA) is 88.1 Å². The average molecular weight is 453 g/mol. The van der Waals surface area contributed by atoms with E-state index in [0.717, 1.165) is 24.0 Å². The summed E-state index contributed by atoms with van der Waals surface area (Å²) >= 11 is 0. The van der Waals surface area contributed by atoms with Crippen LogP contribution in [0.15, 0.2) is 11.1 Å². The van der Waals surface area contributed by atoms with Gasteiger partial charge in [-0.1, -0.05) is 12.5 Å². The van der Waals surface area contributed by atoms with E-state index in [4.69, 9.17) is 18.9 Å². The van der Waals surface area contributed by atoms with Crippen LogP contribution in [0.2, 0.25) is 0 Å². The van der Waals surface area contributed by atoms with E-state index in [1.807, 2.05) is 20.8 Å². The van der Waals surface area contributed by atoms with Crippen molar-refractivity contribution in [2.45, 2.75) is 91.0 Å². The summed E-state index contributed by atoms with van der Waals surface area (Å²) in [6, 6.07) is 0. The molecule has 7 heteroatoms. The number of methoxy groups -OCH3 is 3. The van der Waals surface area contributed by atoms with Crippen LogP contribution < -0.4 is 0 Å². The first-order chi connectivity index (χ1) is 15.0. The van der Waals surface area contributed by atoms with Crippen LogP contribution in [0.5, 0.6) is 0 Å². The number of allylic oxidation sites excluding steroid dienone is 1. The molecule has 0 saturated heterocycles. The zero-order chi connectivity index (χ0) is 24.1. The van der Waals surface area contributed by atoms with Crippen molar-refractivity contribution in [3.8, 4) is 0 Å². The van der Waals surface area contributed by atoms with Crippen molar-refractivity contribution >= 4 is 17.7 Å². The van der Waals surface area contributed by atoms with Gasteiger partial charge in [-0.15, -0.1) is 0 Å². The van der Waals surface area contributed by atoms with Gasteiger partial charge < -0.3 is 18.9 Å². The van der Waals surface area contributed by atoms with Gasteiger partial charge in [0.2, 0.25) is 0 Å². The number of fused-ring (bicyclic) bond motifs is 1. The van der Waals surface area contributed by atoms with E-state index < -0.39 is 11.2 Å². The lowest BCUT2D eigenvalue weighted by Gasteiger charge is -2.33. The molecule has 0 radical (unpaired) electrons. The first kappa shape index (κ1) is 26.5. The predicted octanol–water partition coefficient (Wildman–Crippen LogP) is 4.37. The maximum Gasteiger partial charge on any atom is 0.311 e. The van der Waals surface area contributed by atoms with Gasteiger partial charge in [-0.05, 0) is 57.9 Å². The Morgan fingerprint density at radius 3 is 2.28 bits per heavy atom. The fourth-order valence-electron chi connectivity index (χ4n) is 4.85. The second-order valence-corrected chi connectivity index (χ2v) is 10.1. The number of Topliss-reactive ketones (excluding diaryl/α,β-unsaturated/α-hetero) is 1. The molecule has 2 aliphatic rings. The monoisotopic (exact) mass is 452 g/mol. The minimum atomic E-state index is -0.864. The number of carbonyl (C=O) groups excluding carboxylic acids is 3. The Labute approximate surface area is 192 Å². The van der Waals surface area contributed by atoms with E-state index in [1.165, 1.54) is 7.11 Å². The number of ether oxygens (including phenoxy) is 4. The third-order valence-electron chi connectivity index (χ3n) is 6.88. The van der Waals surface area contributed by atoms with Crippen LogP contribution in [0.25, 0.3) is 0 Å². The molecule has 0 aliphatic heterocycles. The van der Waals surface area contributed by atoms with Gasteiger partial charge in [-0.2, -0.15) is 0 Å². The number of hydrogen-bond acceptors (Lipinski definition) is 7. The zero-order valence-corrected chi connectivity index (χ0v) is 20.7. The Hall–Kier alpha value is -1.73. The van der Waals surface area contributed by atoms with Crippen molar-refractivity contribution in [2.75, 3.05) is 21.3 Å². The van der Waals surface area contributed by atoms with Gasteiger partial charge in [0.1, 0.15) is 6.10 Å². The molecule has 0 amide bonds. The fourth-order valence-corrected chi connectivity index (χ4v) is 4.85. The minimum absolute atomic E-state index is 0.0998. The molecule has 0 aromatic carbocycles. The molecule has 0 N–H and O–H groups in total. The second-order valence-electron chi connectivity index (χ2n) is 10.1. The summed E-state index contributed by atoms with van der Waals surface area (Å²) in [5.74, 6) is -0.881. The molecule has 2 aliphatic carbocycles. The molecule has 3 atom stereocenters. The second kappa shape index (κ2) is 10.9. The van der Waals surface area contributed by atoms with Crippen molar-refractivity contribution in [1.29, 1.82) is 0 Å². The Balaban J connectivity index is 2.15. The zero-order valence-electron chi connectivity index (χ0n) is 20.7. The van der Waals surface area contributed by atoms with Gasteiger partial charge >= 0.3 is 11.9 Å². The van der Waals surface area contributed by atoms with Crippen LogP contribution in [-0.4, -0.2) is 50.9 Å². The fraction of sp³-hybridized carbons (Fsp3) is 0.800. The molecule has 32 heavy (non-hydrogen) atoms. The van der Waals surface area contributed by atoms with E-state index in [-0.39, 0.29) is 42.1 Å². The molecule has 0 aromatic heterocycles. The van der Waals surface area contributed by atoms with E-state index in [9.17, 15) is 14.4 Å². The standard InChI is InChI=1S/C25H40O7/c1-16-15-19-17(12-14-25(30-6,31-7)13-8-9-21(27)29-5)20(26)11-10-18(19)22(16)32-23(28)24(2,3)4/h16,18,22H,8-15H2,1-7H3/t16?,18?,22-/m1/s1. The highest BCUT2D eigenvalue weighted by Gasteiger charge is 2.45. The van der Waals surface area contributed by atoms with Gasteiger partial charge in [0.05, 0.1) is 12.5 Å². The van der Waals surface area contributed by atoms with Crippen LogP contribution in [0.4, 0.5) is 0 Å². The molecule has 0 aromatic rings. The number of ketones is 1. The van der Waals surface area contributed by atoms with Crippen molar-refractivity contribution in [1.82, 2.24) is 0 Å². The molecule has 0 bridgehead atoms. The van der Waals surface area contributed by atoms with Gasteiger partial charge in [0.15, 0.2) is 11.6 Å². The molecule has 7 nitrogen and oxygen atoms in total. The maximum absolute atomic E-state index is 12.9. The first-order valence-corrected chi connectivity index (χ1v) is 11.6. The van der Waals surface area contributed by atoms with Crippen LogP contribution in [0.3, 0.4) is 0 Å². The normalized spacial score (nSPS) is 23.8. The number of esters is 2. The molecular weight excluding hydrogens is 412 g/mol. The highest BCUT2D eigenvalue weighted by Crippen LogP contribution is 2.47. The van der Waals surface area contributed by atoms with Crippen LogP contribution in [0.1, 0.15) is 79.1 Å². The number of carbonyl (C=O) groups is 3. The largest absolute Gasteiger partial charge is 0.469 e. The van der Waals surface area contributed by atoms with Crippen molar-refractivity contribution in [3.05, 3.63) is 11.1 Å². The quantitative estimate of drug-likeness (QED) is 0.359. The molecular formula is C25H40O7. The predicted molar refractivity (Wildman–Crippen MR) is 120 cm³/mol. The maximum atomic E-state index is 12.9. The van der Waals surface area contributed by atoms with Crippen molar-refractivity contribution < 1.29 is 33.3 Å². The summed E-state index contributed by atoms with van der Waals surface area (Å²) in [4.78, 5) is 36.8. The van der Waals surface area contributed by atoms with Crippen molar-refractivity contribution in [2.24, 2.45) is 17.3 Å². The van der Waals surface area contributed by atoms with Gasteiger partial charge in [-0.3, -0.25) is 14.4 Å². The van der Waals surface area contributed by atoms with Gasteiger partial charge in [0.25, 0.3) is 0 Å². The van der Waals surface area contributed by atoms with E-state index in [0.29, 0.717) is 32.1 Å². The van der Waals surface area contributed by atoms with Crippen molar-refractivity contribution in [3.63, 3.8) is 0 Å². The SMILES string of the molecule is COC(=O)CCCC(CCC1=C2CC(C)[C@@H](OC(=O)C(C)(C)C)C2CCC1=O)(OC)OC. The smallest absolute Gasteiger partial charge is 0.311 e.